The van der Waals surface area contributed by atoms with Gasteiger partial charge in [0.05, 0.1) is 12.7 Å². The summed E-state index contributed by atoms with van der Waals surface area (Å²) < 4.78 is 6.16. The zero-order valence-corrected chi connectivity index (χ0v) is 12.0. The lowest BCUT2D eigenvalue weighted by molar-refractivity contribution is 0.0397. The number of hydrogen-bond acceptors (Lipinski definition) is 3. The fraction of sp³-hybridized carbons (Fsp3) is 0.538. The van der Waals surface area contributed by atoms with Crippen molar-refractivity contribution in [2.75, 3.05) is 13.7 Å². The first-order valence-electron chi connectivity index (χ1n) is 5.79. The molecule has 1 atom stereocenters. The second-order valence-electron chi connectivity index (χ2n) is 4.31. The number of aliphatic hydroxyl groups is 1. The Morgan fingerprint density at radius 3 is 2.71 bits per heavy atom. The van der Waals surface area contributed by atoms with Gasteiger partial charge in [0.2, 0.25) is 0 Å². The summed E-state index contributed by atoms with van der Waals surface area (Å²) >= 11 is 3.49. The summed E-state index contributed by atoms with van der Waals surface area (Å²) in [5, 5.41) is 10.4. The zero-order chi connectivity index (χ0) is 12.9. The highest BCUT2D eigenvalue weighted by molar-refractivity contribution is 9.10. The molecule has 0 amide bonds. The van der Waals surface area contributed by atoms with Gasteiger partial charge in [-0.1, -0.05) is 29.3 Å². The Morgan fingerprint density at radius 1 is 1.47 bits per heavy atom. The van der Waals surface area contributed by atoms with E-state index >= 15 is 0 Å². The third kappa shape index (κ3) is 3.98. The first-order chi connectivity index (χ1) is 8.04. The van der Waals surface area contributed by atoms with Gasteiger partial charge in [-0.25, -0.2) is 0 Å². The summed E-state index contributed by atoms with van der Waals surface area (Å²) in [5.41, 5.74) is 5.85. The lowest BCUT2D eigenvalue weighted by Crippen LogP contribution is -2.39. The van der Waals surface area contributed by atoms with Crippen LogP contribution in [-0.2, 0) is 6.42 Å². The third-order valence-electron chi connectivity index (χ3n) is 2.87. The van der Waals surface area contributed by atoms with Gasteiger partial charge in [-0.3, -0.25) is 0 Å². The predicted octanol–water partition coefficient (Wildman–Crippen LogP) is 2.49. The van der Waals surface area contributed by atoms with E-state index in [9.17, 15) is 5.11 Å². The van der Waals surface area contributed by atoms with Crippen LogP contribution in [0.1, 0.15) is 25.3 Å². The lowest BCUT2D eigenvalue weighted by Gasteiger charge is -2.26. The molecular weight excluding hydrogens is 282 g/mol. The summed E-state index contributed by atoms with van der Waals surface area (Å²) in [6, 6.07) is 5.74. The minimum absolute atomic E-state index is 0.268. The number of benzene rings is 1. The van der Waals surface area contributed by atoms with E-state index in [1.165, 1.54) is 0 Å². The number of halogens is 1. The maximum absolute atomic E-state index is 10.4. The van der Waals surface area contributed by atoms with Gasteiger partial charge in [0.1, 0.15) is 5.75 Å². The topological polar surface area (TPSA) is 55.5 Å². The Balaban J connectivity index is 2.92. The molecule has 0 spiro atoms. The van der Waals surface area contributed by atoms with Gasteiger partial charge in [0.25, 0.3) is 0 Å². The van der Waals surface area contributed by atoms with Crippen molar-refractivity contribution in [3.8, 4) is 5.75 Å². The molecule has 0 radical (unpaired) electrons. The molecule has 0 aliphatic heterocycles. The highest BCUT2D eigenvalue weighted by Crippen LogP contribution is 2.27. The van der Waals surface area contributed by atoms with E-state index in [-0.39, 0.29) is 6.54 Å². The van der Waals surface area contributed by atoms with E-state index in [1.54, 1.807) is 7.11 Å². The average molecular weight is 302 g/mol. The third-order valence-corrected chi connectivity index (χ3v) is 3.64. The number of ether oxygens (including phenoxy) is 1. The molecule has 4 heteroatoms. The van der Waals surface area contributed by atoms with Crippen molar-refractivity contribution in [3.63, 3.8) is 0 Å². The van der Waals surface area contributed by atoms with E-state index < -0.39 is 5.60 Å². The maximum atomic E-state index is 10.4. The normalized spacial score (nSPS) is 14.4. The van der Waals surface area contributed by atoms with E-state index in [2.05, 4.69) is 15.9 Å². The van der Waals surface area contributed by atoms with Crippen molar-refractivity contribution in [2.24, 2.45) is 5.73 Å². The molecule has 0 saturated carbocycles. The quantitative estimate of drug-likeness (QED) is 0.849. The zero-order valence-electron chi connectivity index (χ0n) is 10.4. The van der Waals surface area contributed by atoms with Gasteiger partial charge in [0, 0.05) is 17.4 Å². The summed E-state index contributed by atoms with van der Waals surface area (Å²) in [6.07, 6.45) is 2.15. The molecule has 0 aromatic heterocycles. The molecule has 0 aliphatic carbocycles. The van der Waals surface area contributed by atoms with Crippen molar-refractivity contribution in [1.82, 2.24) is 0 Å². The second kappa shape index (κ2) is 6.38. The molecule has 0 heterocycles. The Morgan fingerprint density at radius 2 is 2.18 bits per heavy atom. The highest BCUT2D eigenvalue weighted by atomic mass is 79.9. The van der Waals surface area contributed by atoms with Crippen LogP contribution in [0.25, 0.3) is 0 Å². The lowest BCUT2D eigenvalue weighted by atomic mass is 9.90. The van der Waals surface area contributed by atoms with Crippen LogP contribution in [0.15, 0.2) is 22.7 Å². The summed E-state index contributed by atoms with van der Waals surface area (Å²) in [4.78, 5) is 0. The molecular formula is C13H20BrNO2. The molecule has 1 unspecified atom stereocenters. The van der Waals surface area contributed by atoms with Gasteiger partial charge in [-0.2, -0.15) is 0 Å². The average Bonchev–Trinajstić information content (AvgIpc) is 2.32. The molecule has 0 saturated heterocycles. The molecule has 1 rings (SSSR count). The van der Waals surface area contributed by atoms with Crippen LogP contribution < -0.4 is 10.5 Å². The summed E-state index contributed by atoms with van der Waals surface area (Å²) in [7, 11) is 1.63. The molecule has 1 aromatic carbocycles. The van der Waals surface area contributed by atoms with Crippen molar-refractivity contribution in [1.29, 1.82) is 0 Å². The van der Waals surface area contributed by atoms with Gasteiger partial charge >= 0.3 is 0 Å². The summed E-state index contributed by atoms with van der Waals surface area (Å²) in [5.74, 6) is 0.791. The number of nitrogens with two attached hydrogens (primary N) is 1. The first-order valence-corrected chi connectivity index (χ1v) is 6.59. The van der Waals surface area contributed by atoms with Crippen molar-refractivity contribution < 1.29 is 9.84 Å². The van der Waals surface area contributed by atoms with Gasteiger partial charge in [-0.05, 0) is 30.2 Å². The van der Waals surface area contributed by atoms with Crippen LogP contribution in [-0.4, -0.2) is 24.4 Å². The molecule has 3 N–H and O–H groups in total. The molecule has 3 nitrogen and oxygen atoms in total. The van der Waals surface area contributed by atoms with Crippen molar-refractivity contribution in [3.05, 3.63) is 28.2 Å². The Kier molecular flexibility index (Phi) is 5.43. The maximum Gasteiger partial charge on any atom is 0.119 e. The highest BCUT2D eigenvalue weighted by Gasteiger charge is 2.25. The van der Waals surface area contributed by atoms with E-state index in [4.69, 9.17) is 10.5 Å². The molecule has 96 valence electrons. The number of rotatable bonds is 6. The Labute approximate surface area is 111 Å². The SMILES string of the molecule is CCCC(O)(CN)Cc1cc(OC)ccc1Br. The van der Waals surface area contributed by atoms with Gasteiger partial charge in [-0.15, -0.1) is 0 Å². The van der Waals surface area contributed by atoms with Crippen molar-refractivity contribution in [2.45, 2.75) is 31.8 Å². The van der Waals surface area contributed by atoms with E-state index in [0.717, 1.165) is 22.2 Å². The molecule has 0 fully saturated rings. The molecule has 17 heavy (non-hydrogen) atoms. The minimum Gasteiger partial charge on any atom is -0.497 e. The van der Waals surface area contributed by atoms with Crippen LogP contribution in [0.5, 0.6) is 5.75 Å². The van der Waals surface area contributed by atoms with Crippen LogP contribution in [0.4, 0.5) is 0 Å². The molecule has 1 aromatic rings. The fourth-order valence-electron chi connectivity index (χ4n) is 1.90. The Bertz CT molecular complexity index is 370. The molecule has 0 aliphatic rings. The monoisotopic (exact) mass is 301 g/mol. The van der Waals surface area contributed by atoms with E-state index in [0.29, 0.717) is 12.8 Å². The first kappa shape index (κ1) is 14.5. The smallest absolute Gasteiger partial charge is 0.119 e. The second-order valence-corrected chi connectivity index (χ2v) is 5.17. The molecule has 0 bridgehead atoms. The van der Waals surface area contributed by atoms with Crippen LogP contribution >= 0.6 is 15.9 Å². The minimum atomic E-state index is -0.830. The Hall–Kier alpha value is -0.580. The van der Waals surface area contributed by atoms with Crippen molar-refractivity contribution >= 4 is 15.9 Å². The van der Waals surface area contributed by atoms with Crippen LogP contribution in [0.3, 0.4) is 0 Å². The van der Waals surface area contributed by atoms with Gasteiger partial charge < -0.3 is 15.6 Å². The van der Waals surface area contributed by atoms with E-state index in [1.807, 2.05) is 25.1 Å². The summed E-state index contributed by atoms with van der Waals surface area (Å²) in [6.45, 7) is 2.31. The van der Waals surface area contributed by atoms with Crippen LogP contribution in [0.2, 0.25) is 0 Å². The number of methoxy groups -OCH3 is 1. The largest absolute Gasteiger partial charge is 0.497 e. The predicted molar refractivity (Wildman–Crippen MR) is 73.3 cm³/mol. The number of hydrogen-bond donors (Lipinski definition) is 2. The standard InChI is InChI=1S/C13H20BrNO2/c1-3-6-13(16,9-15)8-10-7-11(17-2)4-5-12(10)14/h4-5,7,16H,3,6,8-9,15H2,1-2H3. The fourth-order valence-corrected chi connectivity index (χ4v) is 2.28. The van der Waals surface area contributed by atoms with Gasteiger partial charge in [0.15, 0.2) is 0 Å². The van der Waals surface area contributed by atoms with Crippen LogP contribution in [0, 0.1) is 0 Å².